The maximum atomic E-state index is 12.6. The molecular weight excluding hydrogens is 272 g/mol. The van der Waals surface area contributed by atoms with Gasteiger partial charge in [-0.3, -0.25) is 4.79 Å². The van der Waals surface area contributed by atoms with Gasteiger partial charge in [0.15, 0.2) is 0 Å². The van der Waals surface area contributed by atoms with E-state index < -0.39 is 5.54 Å². The minimum absolute atomic E-state index is 0.0546. The average molecular weight is 295 g/mol. The van der Waals surface area contributed by atoms with Crippen LogP contribution in [-0.2, 0) is 11.3 Å². The molecular formula is C16H23ClN2O. The smallest absolute Gasteiger partial charge is 0.242 e. The second-order valence-electron chi connectivity index (χ2n) is 6.15. The normalized spacial score (nSPS) is 26.3. The van der Waals surface area contributed by atoms with Gasteiger partial charge in [0.05, 0.1) is 5.54 Å². The number of carbonyl (C=O) groups is 1. The SMILES string of the molecule is CC1CCCC(N)(C(=O)N(C)Cc2ccc(Cl)cc2)C1. The molecule has 4 heteroatoms. The Morgan fingerprint density at radius 3 is 2.70 bits per heavy atom. The summed E-state index contributed by atoms with van der Waals surface area (Å²) in [7, 11) is 1.82. The molecule has 1 aromatic carbocycles. The summed E-state index contributed by atoms with van der Waals surface area (Å²) in [6.45, 7) is 2.75. The zero-order valence-electron chi connectivity index (χ0n) is 12.2. The molecule has 1 aliphatic carbocycles. The van der Waals surface area contributed by atoms with Gasteiger partial charge in [-0.05, 0) is 36.5 Å². The molecule has 0 heterocycles. The Morgan fingerprint density at radius 1 is 1.45 bits per heavy atom. The van der Waals surface area contributed by atoms with Crippen molar-refractivity contribution < 1.29 is 4.79 Å². The lowest BCUT2D eigenvalue weighted by Crippen LogP contribution is -2.56. The number of hydrogen-bond acceptors (Lipinski definition) is 2. The van der Waals surface area contributed by atoms with Crippen molar-refractivity contribution in [1.29, 1.82) is 0 Å². The van der Waals surface area contributed by atoms with E-state index in [4.69, 9.17) is 17.3 Å². The third-order valence-electron chi connectivity index (χ3n) is 4.14. The van der Waals surface area contributed by atoms with Gasteiger partial charge in [-0.2, -0.15) is 0 Å². The second-order valence-corrected chi connectivity index (χ2v) is 6.58. The van der Waals surface area contributed by atoms with Gasteiger partial charge in [-0.15, -0.1) is 0 Å². The van der Waals surface area contributed by atoms with Crippen LogP contribution in [0.5, 0.6) is 0 Å². The third kappa shape index (κ3) is 3.53. The molecule has 3 nitrogen and oxygen atoms in total. The standard InChI is InChI=1S/C16H23ClN2O/c1-12-4-3-9-16(18,10-12)15(20)19(2)11-13-5-7-14(17)8-6-13/h5-8,12H,3-4,9-11,18H2,1-2H3. The summed E-state index contributed by atoms with van der Waals surface area (Å²) in [6, 6.07) is 7.57. The lowest BCUT2D eigenvalue weighted by atomic mass is 9.76. The van der Waals surface area contributed by atoms with Crippen LogP contribution in [0, 0.1) is 5.92 Å². The molecule has 2 unspecified atom stereocenters. The van der Waals surface area contributed by atoms with E-state index in [1.54, 1.807) is 4.90 Å². The van der Waals surface area contributed by atoms with E-state index in [1.807, 2.05) is 31.3 Å². The van der Waals surface area contributed by atoms with E-state index in [0.717, 1.165) is 24.8 Å². The fourth-order valence-corrected chi connectivity index (χ4v) is 3.23. The molecule has 1 fully saturated rings. The zero-order chi connectivity index (χ0) is 14.8. The van der Waals surface area contributed by atoms with Crippen LogP contribution in [0.15, 0.2) is 24.3 Å². The summed E-state index contributed by atoms with van der Waals surface area (Å²) < 4.78 is 0. The highest BCUT2D eigenvalue weighted by Crippen LogP contribution is 2.31. The molecule has 110 valence electrons. The molecule has 0 radical (unpaired) electrons. The summed E-state index contributed by atoms with van der Waals surface area (Å²) in [5.41, 5.74) is 6.74. The Hall–Kier alpha value is -1.06. The number of amides is 1. The molecule has 0 aromatic heterocycles. The van der Waals surface area contributed by atoms with Gasteiger partial charge in [-0.1, -0.05) is 43.5 Å². The van der Waals surface area contributed by atoms with Crippen molar-refractivity contribution >= 4 is 17.5 Å². The first-order chi connectivity index (χ1) is 9.40. The predicted octanol–water partition coefficient (Wildman–Crippen LogP) is 3.21. The average Bonchev–Trinajstić information content (AvgIpc) is 2.40. The molecule has 1 amide bonds. The Kier molecular flexibility index (Phi) is 4.71. The van der Waals surface area contributed by atoms with Gasteiger partial charge in [0.25, 0.3) is 0 Å². The number of benzene rings is 1. The van der Waals surface area contributed by atoms with Gasteiger partial charge in [-0.25, -0.2) is 0 Å². The zero-order valence-corrected chi connectivity index (χ0v) is 13.0. The number of halogens is 1. The minimum atomic E-state index is -0.682. The van der Waals surface area contributed by atoms with Crippen molar-refractivity contribution in [2.75, 3.05) is 7.05 Å². The number of carbonyl (C=O) groups excluding carboxylic acids is 1. The quantitative estimate of drug-likeness (QED) is 0.930. The highest BCUT2D eigenvalue weighted by atomic mass is 35.5. The van der Waals surface area contributed by atoms with E-state index in [-0.39, 0.29) is 5.91 Å². The molecule has 1 saturated carbocycles. The lowest BCUT2D eigenvalue weighted by Gasteiger charge is -2.38. The first-order valence-electron chi connectivity index (χ1n) is 7.19. The molecule has 0 aliphatic heterocycles. The molecule has 2 rings (SSSR count). The van der Waals surface area contributed by atoms with E-state index in [1.165, 1.54) is 6.42 Å². The van der Waals surface area contributed by atoms with Crippen molar-refractivity contribution in [3.8, 4) is 0 Å². The Morgan fingerprint density at radius 2 is 2.10 bits per heavy atom. The Balaban J connectivity index is 2.02. The van der Waals surface area contributed by atoms with Crippen LogP contribution in [0.3, 0.4) is 0 Å². The Labute approximate surface area is 126 Å². The third-order valence-corrected chi connectivity index (χ3v) is 4.39. The minimum Gasteiger partial charge on any atom is -0.340 e. The van der Waals surface area contributed by atoms with Crippen LogP contribution in [-0.4, -0.2) is 23.4 Å². The van der Waals surface area contributed by atoms with E-state index in [0.29, 0.717) is 17.5 Å². The number of nitrogens with two attached hydrogens (primary N) is 1. The van der Waals surface area contributed by atoms with Crippen LogP contribution >= 0.6 is 11.6 Å². The number of nitrogens with zero attached hydrogens (tertiary/aromatic N) is 1. The van der Waals surface area contributed by atoms with Crippen molar-refractivity contribution in [2.45, 2.75) is 44.7 Å². The highest BCUT2D eigenvalue weighted by Gasteiger charge is 2.39. The summed E-state index contributed by atoms with van der Waals surface area (Å²) in [5, 5.41) is 0.708. The van der Waals surface area contributed by atoms with E-state index in [9.17, 15) is 4.79 Å². The summed E-state index contributed by atoms with van der Waals surface area (Å²) >= 11 is 5.87. The van der Waals surface area contributed by atoms with Crippen LogP contribution < -0.4 is 5.73 Å². The summed E-state index contributed by atoms with van der Waals surface area (Å²) in [5.74, 6) is 0.584. The van der Waals surface area contributed by atoms with Gasteiger partial charge < -0.3 is 10.6 Å². The van der Waals surface area contributed by atoms with Crippen LogP contribution in [0.4, 0.5) is 0 Å². The number of rotatable bonds is 3. The molecule has 1 aromatic rings. The van der Waals surface area contributed by atoms with Crippen LogP contribution in [0.2, 0.25) is 5.02 Å². The van der Waals surface area contributed by atoms with Crippen molar-refractivity contribution in [3.63, 3.8) is 0 Å². The maximum Gasteiger partial charge on any atom is 0.242 e. The largest absolute Gasteiger partial charge is 0.340 e. The molecule has 20 heavy (non-hydrogen) atoms. The second kappa shape index (κ2) is 6.15. The fourth-order valence-electron chi connectivity index (χ4n) is 3.10. The molecule has 2 atom stereocenters. The Bertz CT molecular complexity index is 474. The first kappa shape index (κ1) is 15.3. The maximum absolute atomic E-state index is 12.6. The monoisotopic (exact) mass is 294 g/mol. The lowest BCUT2D eigenvalue weighted by molar-refractivity contribution is -0.138. The van der Waals surface area contributed by atoms with Crippen molar-refractivity contribution in [2.24, 2.45) is 11.7 Å². The van der Waals surface area contributed by atoms with Crippen molar-refractivity contribution in [3.05, 3.63) is 34.9 Å². The molecule has 2 N–H and O–H groups in total. The first-order valence-corrected chi connectivity index (χ1v) is 7.57. The highest BCUT2D eigenvalue weighted by molar-refractivity contribution is 6.30. The van der Waals surface area contributed by atoms with Crippen molar-refractivity contribution in [1.82, 2.24) is 4.90 Å². The molecule has 1 aliphatic rings. The van der Waals surface area contributed by atoms with Gasteiger partial charge >= 0.3 is 0 Å². The van der Waals surface area contributed by atoms with E-state index in [2.05, 4.69) is 6.92 Å². The topological polar surface area (TPSA) is 46.3 Å². The van der Waals surface area contributed by atoms with Gasteiger partial charge in [0.1, 0.15) is 0 Å². The van der Waals surface area contributed by atoms with Crippen LogP contribution in [0.25, 0.3) is 0 Å². The van der Waals surface area contributed by atoms with Gasteiger partial charge in [0.2, 0.25) is 5.91 Å². The van der Waals surface area contributed by atoms with Crippen LogP contribution in [0.1, 0.15) is 38.2 Å². The van der Waals surface area contributed by atoms with Gasteiger partial charge in [0, 0.05) is 18.6 Å². The molecule has 0 spiro atoms. The fraction of sp³-hybridized carbons (Fsp3) is 0.562. The summed E-state index contributed by atoms with van der Waals surface area (Å²) in [4.78, 5) is 14.3. The summed E-state index contributed by atoms with van der Waals surface area (Å²) in [6.07, 6.45) is 3.79. The molecule has 0 bridgehead atoms. The molecule has 0 saturated heterocycles. The predicted molar refractivity (Wildman–Crippen MR) is 82.5 cm³/mol. The number of hydrogen-bond donors (Lipinski definition) is 1. The van der Waals surface area contributed by atoms with E-state index >= 15 is 0 Å². The number of likely N-dealkylation sites (N-methyl/N-ethyl adjacent to an activating group) is 1.